The summed E-state index contributed by atoms with van der Waals surface area (Å²) in [6, 6.07) is 18.7. The summed E-state index contributed by atoms with van der Waals surface area (Å²) < 4.78 is 0. The van der Waals surface area contributed by atoms with Gasteiger partial charge in [-0.3, -0.25) is 14.6 Å². The molecule has 0 aliphatic carbocycles. The van der Waals surface area contributed by atoms with Crippen LogP contribution in [-0.2, 0) is 6.42 Å². The summed E-state index contributed by atoms with van der Waals surface area (Å²) in [5.41, 5.74) is 4.53. The number of nitrogens with zero attached hydrogens (tertiary/aromatic N) is 1. The van der Waals surface area contributed by atoms with E-state index in [0.717, 1.165) is 27.7 Å². The number of H-pyrrole nitrogens is 1. The van der Waals surface area contributed by atoms with Crippen molar-refractivity contribution >= 4 is 28.4 Å². The molecule has 0 saturated carbocycles. The molecule has 2 aromatic carbocycles. The molecule has 0 bridgehead atoms. The van der Waals surface area contributed by atoms with Crippen molar-refractivity contribution in [1.82, 2.24) is 15.3 Å². The highest BCUT2D eigenvalue weighted by molar-refractivity contribution is 6.06. The topological polar surface area (TPSA) is 86.9 Å². The van der Waals surface area contributed by atoms with Gasteiger partial charge in [-0.05, 0) is 48.7 Å². The van der Waals surface area contributed by atoms with Crippen molar-refractivity contribution < 1.29 is 9.59 Å². The molecule has 2 aromatic heterocycles. The van der Waals surface area contributed by atoms with Crippen molar-refractivity contribution in [3.63, 3.8) is 0 Å². The number of hydrogen-bond acceptors (Lipinski definition) is 3. The summed E-state index contributed by atoms with van der Waals surface area (Å²) in [7, 11) is 0. The Morgan fingerprint density at radius 1 is 1.00 bits per heavy atom. The van der Waals surface area contributed by atoms with Crippen LogP contribution in [0, 0.1) is 6.92 Å². The van der Waals surface area contributed by atoms with Gasteiger partial charge >= 0.3 is 0 Å². The normalized spacial score (nSPS) is 10.7. The highest BCUT2D eigenvalue weighted by Gasteiger charge is 2.13. The first-order chi connectivity index (χ1) is 14.6. The molecule has 150 valence electrons. The monoisotopic (exact) mass is 398 g/mol. The van der Waals surface area contributed by atoms with Gasteiger partial charge in [-0.15, -0.1) is 0 Å². The number of pyridine rings is 1. The Kier molecular flexibility index (Phi) is 5.57. The summed E-state index contributed by atoms with van der Waals surface area (Å²) in [6.45, 7) is 2.40. The van der Waals surface area contributed by atoms with Crippen molar-refractivity contribution in [1.29, 1.82) is 0 Å². The average molecular weight is 398 g/mol. The summed E-state index contributed by atoms with van der Waals surface area (Å²) in [5, 5.41) is 6.90. The maximum atomic E-state index is 12.6. The summed E-state index contributed by atoms with van der Waals surface area (Å²) in [4.78, 5) is 32.4. The van der Waals surface area contributed by atoms with Crippen LogP contribution in [0.2, 0.25) is 0 Å². The lowest BCUT2D eigenvalue weighted by molar-refractivity contribution is 0.0949. The quantitative estimate of drug-likeness (QED) is 0.457. The third-order valence-corrected chi connectivity index (χ3v) is 5.00. The number of carbonyl (C=O) groups excluding carboxylic acids is 2. The van der Waals surface area contributed by atoms with Gasteiger partial charge in [0.2, 0.25) is 0 Å². The minimum Gasteiger partial charge on any atom is -0.361 e. The van der Waals surface area contributed by atoms with E-state index in [2.05, 4.69) is 26.7 Å². The largest absolute Gasteiger partial charge is 0.361 e. The molecule has 0 atom stereocenters. The molecule has 0 fully saturated rings. The van der Waals surface area contributed by atoms with Gasteiger partial charge in [0.1, 0.15) is 5.69 Å². The number of aromatic amines is 1. The lowest BCUT2D eigenvalue weighted by Gasteiger charge is -2.09. The minimum atomic E-state index is -0.305. The Hall–Kier alpha value is -3.93. The Morgan fingerprint density at radius 3 is 2.67 bits per heavy atom. The van der Waals surface area contributed by atoms with Crippen LogP contribution in [0.25, 0.3) is 10.9 Å². The van der Waals surface area contributed by atoms with E-state index in [1.165, 1.54) is 12.3 Å². The molecule has 6 nitrogen and oxygen atoms in total. The van der Waals surface area contributed by atoms with Gasteiger partial charge in [-0.25, -0.2) is 0 Å². The molecule has 0 radical (unpaired) electrons. The van der Waals surface area contributed by atoms with Gasteiger partial charge < -0.3 is 15.6 Å². The predicted octanol–water partition coefficient (Wildman–Crippen LogP) is 4.10. The molecule has 4 aromatic rings. The van der Waals surface area contributed by atoms with Gasteiger partial charge in [0, 0.05) is 41.1 Å². The first-order valence-corrected chi connectivity index (χ1v) is 9.78. The number of anilines is 1. The van der Waals surface area contributed by atoms with Crippen molar-refractivity contribution in [2.45, 2.75) is 13.3 Å². The summed E-state index contributed by atoms with van der Waals surface area (Å²) >= 11 is 0. The second-order valence-corrected chi connectivity index (χ2v) is 7.06. The smallest absolute Gasteiger partial charge is 0.269 e. The molecule has 30 heavy (non-hydrogen) atoms. The second kappa shape index (κ2) is 8.61. The van der Waals surface area contributed by atoms with E-state index in [1.807, 2.05) is 55.6 Å². The van der Waals surface area contributed by atoms with Crippen LogP contribution >= 0.6 is 0 Å². The van der Waals surface area contributed by atoms with E-state index < -0.39 is 0 Å². The zero-order chi connectivity index (χ0) is 20.9. The number of rotatable bonds is 6. The number of nitrogens with one attached hydrogen (secondary N) is 3. The molecule has 0 aliphatic heterocycles. The minimum absolute atomic E-state index is 0.214. The maximum Gasteiger partial charge on any atom is 0.269 e. The Morgan fingerprint density at radius 2 is 1.80 bits per heavy atom. The fourth-order valence-corrected chi connectivity index (χ4v) is 3.34. The molecule has 0 spiro atoms. The standard InChI is InChI=1S/C24H22N4O2/c1-16-6-2-4-8-20(16)28-23(29)17-10-12-25-22(14-17)24(30)26-13-11-18-15-27-21-9-5-3-7-19(18)21/h2-10,12,14-15,27H,11,13H2,1H3,(H,26,30)(H,28,29). The highest BCUT2D eigenvalue weighted by Crippen LogP contribution is 2.18. The van der Waals surface area contributed by atoms with Crippen LogP contribution in [0.4, 0.5) is 5.69 Å². The van der Waals surface area contributed by atoms with Crippen molar-refractivity contribution in [2.75, 3.05) is 11.9 Å². The highest BCUT2D eigenvalue weighted by atomic mass is 16.2. The molecule has 2 heterocycles. The third-order valence-electron chi connectivity index (χ3n) is 5.00. The van der Waals surface area contributed by atoms with Gasteiger partial charge in [0.05, 0.1) is 0 Å². The van der Waals surface area contributed by atoms with E-state index >= 15 is 0 Å². The fourth-order valence-electron chi connectivity index (χ4n) is 3.34. The van der Waals surface area contributed by atoms with Crippen LogP contribution in [0.5, 0.6) is 0 Å². The number of carbonyl (C=O) groups is 2. The van der Waals surface area contributed by atoms with Crippen LogP contribution in [-0.4, -0.2) is 28.3 Å². The number of benzene rings is 2. The Labute approximate surface area is 174 Å². The van der Waals surface area contributed by atoms with E-state index in [4.69, 9.17) is 0 Å². The van der Waals surface area contributed by atoms with E-state index in [1.54, 1.807) is 6.07 Å². The van der Waals surface area contributed by atoms with Gasteiger partial charge in [-0.1, -0.05) is 36.4 Å². The Bertz CT molecular complexity index is 1210. The van der Waals surface area contributed by atoms with E-state index in [0.29, 0.717) is 18.5 Å². The molecule has 0 unspecified atom stereocenters. The molecule has 6 heteroatoms. The molecule has 0 aliphatic rings. The molecule has 0 saturated heterocycles. The number of aromatic nitrogens is 2. The second-order valence-electron chi connectivity index (χ2n) is 7.06. The van der Waals surface area contributed by atoms with E-state index in [9.17, 15) is 9.59 Å². The van der Waals surface area contributed by atoms with Gasteiger partial charge in [-0.2, -0.15) is 0 Å². The molecule has 4 rings (SSSR count). The predicted molar refractivity (Wildman–Crippen MR) is 118 cm³/mol. The van der Waals surface area contributed by atoms with Crippen LogP contribution in [0.15, 0.2) is 73.1 Å². The average Bonchev–Trinajstić information content (AvgIpc) is 3.18. The lowest BCUT2D eigenvalue weighted by atomic mass is 10.1. The third kappa shape index (κ3) is 4.22. The number of amides is 2. The molecule has 3 N–H and O–H groups in total. The van der Waals surface area contributed by atoms with Gasteiger partial charge in [0.25, 0.3) is 11.8 Å². The van der Waals surface area contributed by atoms with E-state index in [-0.39, 0.29) is 17.5 Å². The van der Waals surface area contributed by atoms with Crippen LogP contribution < -0.4 is 10.6 Å². The number of fused-ring (bicyclic) bond motifs is 1. The number of hydrogen-bond donors (Lipinski definition) is 3. The fraction of sp³-hybridized carbons (Fsp3) is 0.125. The number of para-hydroxylation sites is 2. The molecule has 2 amide bonds. The lowest BCUT2D eigenvalue weighted by Crippen LogP contribution is -2.27. The first-order valence-electron chi connectivity index (χ1n) is 9.78. The SMILES string of the molecule is Cc1ccccc1NC(=O)c1ccnc(C(=O)NCCc2c[nH]c3ccccc23)c1. The van der Waals surface area contributed by atoms with Crippen molar-refractivity contribution in [3.05, 3.63) is 95.4 Å². The summed E-state index contributed by atoms with van der Waals surface area (Å²) in [6.07, 6.45) is 4.14. The molecular formula is C24H22N4O2. The van der Waals surface area contributed by atoms with Crippen LogP contribution in [0.3, 0.4) is 0 Å². The van der Waals surface area contributed by atoms with Crippen molar-refractivity contribution in [3.8, 4) is 0 Å². The zero-order valence-electron chi connectivity index (χ0n) is 16.6. The Balaban J connectivity index is 1.38. The van der Waals surface area contributed by atoms with Crippen LogP contribution in [0.1, 0.15) is 32.0 Å². The zero-order valence-corrected chi connectivity index (χ0v) is 16.6. The van der Waals surface area contributed by atoms with Gasteiger partial charge in [0.15, 0.2) is 0 Å². The summed E-state index contributed by atoms with van der Waals surface area (Å²) in [5.74, 6) is -0.583. The first kappa shape index (κ1) is 19.4. The van der Waals surface area contributed by atoms with Crippen molar-refractivity contribution in [2.24, 2.45) is 0 Å². The number of aryl methyl sites for hydroxylation is 1. The maximum absolute atomic E-state index is 12.6. The molecular weight excluding hydrogens is 376 g/mol.